The van der Waals surface area contributed by atoms with Gasteiger partial charge < -0.3 is 29.8 Å². The van der Waals surface area contributed by atoms with E-state index in [-0.39, 0.29) is 51.0 Å². The monoisotopic (exact) mass is 367 g/mol. The van der Waals surface area contributed by atoms with Gasteiger partial charge in [-0.2, -0.15) is 41.3 Å². The maximum Gasteiger partial charge on any atom is 4.00 e. The molecule has 0 unspecified atom stereocenters. The normalized spacial score (nSPS) is 10.9. The van der Waals surface area contributed by atoms with Crippen molar-refractivity contribution in [1.29, 1.82) is 0 Å². The van der Waals surface area contributed by atoms with E-state index in [1.165, 1.54) is 16.5 Å². The van der Waals surface area contributed by atoms with E-state index < -0.39 is 0 Å². The summed E-state index contributed by atoms with van der Waals surface area (Å²) in [4.78, 5) is 3.06. The molecule has 0 spiro atoms. The van der Waals surface area contributed by atoms with Crippen LogP contribution in [0.25, 0.3) is 10.9 Å². The molecule has 96 valence electrons. The number of rotatable bonds is 0. The van der Waals surface area contributed by atoms with Gasteiger partial charge in [0.05, 0.1) is 0 Å². The molecule has 19 heavy (non-hydrogen) atoms. The SMILES string of the molecule is C=C1[C-]=CC=C1.Cc1[c-][nH]c2ccccc12.[Cl-].[Cl-].[Zr+4]. The first kappa shape index (κ1) is 20.8. The van der Waals surface area contributed by atoms with Gasteiger partial charge in [0.2, 0.25) is 0 Å². The van der Waals surface area contributed by atoms with Gasteiger partial charge >= 0.3 is 26.2 Å². The zero-order chi connectivity index (χ0) is 11.4. The summed E-state index contributed by atoms with van der Waals surface area (Å²) >= 11 is 0. The third kappa shape index (κ3) is 5.95. The Balaban J connectivity index is 0. The molecule has 1 N–H and O–H groups in total. The van der Waals surface area contributed by atoms with Gasteiger partial charge in [0.1, 0.15) is 0 Å². The van der Waals surface area contributed by atoms with Crippen LogP contribution < -0.4 is 24.8 Å². The number of hydrogen-bond acceptors (Lipinski definition) is 0. The predicted octanol–water partition coefficient (Wildman–Crippen LogP) is -2.25. The van der Waals surface area contributed by atoms with Gasteiger partial charge in [-0.05, 0) is 0 Å². The molecule has 1 aliphatic carbocycles. The summed E-state index contributed by atoms with van der Waals surface area (Å²) in [5.74, 6) is 0. The Bertz CT molecular complexity index is 556. The predicted molar refractivity (Wildman–Crippen MR) is 68.0 cm³/mol. The topological polar surface area (TPSA) is 15.8 Å². The van der Waals surface area contributed by atoms with Crippen LogP contribution in [0.15, 0.2) is 54.6 Å². The molecule has 0 aliphatic heterocycles. The van der Waals surface area contributed by atoms with Gasteiger partial charge in [0.15, 0.2) is 0 Å². The van der Waals surface area contributed by atoms with Crippen molar-refractivity contribution in [3.05, 3.63) is 72.5 Å². The minimum absolute atomic E-state index is 0. The molecular weight excluding hydrogens is 356 g/mol. The Morgan fingerprint density at radius 3 is 2.32 bits per heavy atom. The van der Waals surface area contributed by atoms with Crippen LogP contribution in [-0.2, 0) is 26.2 Å². The molecule has 1 aliphatic rings. The van der Waals surface area contributed by atoms with Crippen molar-refractivity contribution in [3.8, 4) is 0 Å². The molecule has 1 aromatic heterocycles. The summed E-state index contributed by atoms with van der Waals surface area (Å²) < 4.78 is 0. The zero-order valence-corrected chi connectivity index (χ0v) is 14.5. The van der Waals surface area contributed by atoms with Crippen molar-refractivity contribution >= 4 is 10.9 Å². The summed E-state index contributed by atoms with van der Waals surface area (Å²) in [5, 5.41) is 1.27. The summed E-state index contributed by atoms with van der Waals surface area (Å²) in [6, 6.07) is 8.21. The number of para-hydroxylation sites is 1. The number of hydrogen-bond donors (Lipinski definition) is 1. The van der Waals surface area contributed by atoms with E-state index in [1.54, 1.807) is 0 Å². The van der Waals surface area contributed by atoms with E-state index in [0.29, 0.717) is 0 Å². The Kier molecular flexibility index (Phi) is 11.2. The molecule has 1 heterocycles. The number of halogens is 2. The van der Waals surface area contributed by atoms with Crippen LogP contribution >= 0.6 is 0 Å². The number of nitrogens with one attached hydrogen (secondary N) is 1. The number of aromatic nitrogens is 1. The fourth-order valence-corrected chi connectivity index (χ4v) is 1.52. The molecule has 0 atom stereocenters. The first-order chi connectivity index (χ1) is 7.77. The second-order valence-electron chi connectivity index (χ2n) is 3.62. The summed E-state index contributed by atoms with van der Waals surface area (Å²) in [7, 11) is 0. The summed E-state index contributed by atoms with van der Waals surface area (Å²) in [6.45, 7) is 5.68. The van der Waals surface area contributed by atoms with E-state index in [1.807, 2.05) is 30.4 Å². The molecule has 0 amide bonds. The van der Waals surface area contributed by atoms with Gasteiger partial charge in [0, 0.05) is 0 Å². The Morgan fingerprint density at radius 2 is 1.84 bits per heavy atom. The number of benzene rings is 1. The average Bonchev–Trinajstić information content (AvgIpc) is 2.91. The molecular formula is C15H13Cl2NZr. The third-order valence-electron chi connectivity index (χ3n) is 2.38. The van der Waals surface area contributed by atoms with E-state index in [0.717, 1.165) is 5.57 Å². The number of fused-ring (bicyclic) bond motifs is 1. The van der Waals surface area contributed by atoms with Crippen LogP contribution in [0, 0.1) is 19.2 Å². The fraction of sp³-hybridized carbons (Fsp3) is 0.0667. The third-order valence-corrected chi connectivity index (χ3v) is 2.38. The van der Waals surface area contributed by atoms with E-state index in [2.05, 4.69) is 42.9 Å². The standard InChI is InChI=1S/C9H8N.C6H5.2ClH.Zr/c1-7-6-10-9-5-3-2-4-8(7)9;1-6-4-2-3-5-6;;;/h2-5,10H,1H3;2-4H,1H2;2*1H;/q2*-1;;;+4/p-2. The first-order valence-corrected chi connectivity index (χ1v) is 5.17. The van der Waals surface area contributed by atoms with Crippen LogP contribution in [0.3, 0.4) is 0 Å². The Labute approximate surface area is 145 Å². The maximum absolute atomic E-state index is 3.62. The number of allylic oxidation sites excluding steroid dienone is 5. The summed E-state index contributed by atoms with van der Waals surface area (Å²) in [5.41, 5.74) is 3.32. The van der Waals surface area contributed by atoms with Crippen LogP contribution in [0.1, 0.15) is 5.56 Å². The molecule has 0 radical (unpaired) electrons. The molecule has 0 bridgehead atoms. The molecule has 4 heteroatoms. The van der Waals surface area contributed by atoms with E-state index >= 15 is 0 Å². The minimum Gasteiger partial charge on any atom is -1.00 e. The second kappa shape index (κ2) is 10.3. The van der Waals surface area contributed by atoms with Gasteiger partial charge in [0.25, 0.3) is 0 Å². The number of H-pyrrole nitrogens is 1. The van der Waals surface area contributed by atoms with Gasteiger partial charge in [-0.25, -0.2) is 0 Å². The molecule has 3 rings (SSSR count). The van der Waals surface area contributed by atoms with Crippen LogP contribution in [0.2, 0.25) is 0 Å². The largest absolute Gasteiger partial charge is 4.00 e. The maximum atomic E-state index is 3.62. The van der Waals surface area contributed by atoms with Crippen molar-refractivity contribution < 1.29 is 51.0 Å². The van der Waals surface area contributed by atoms with Crippen LogP contribution in [-0.4, -0.2) is 4.98 Å². The van der Waals surface area contributed by atoms with Crippen LogP contribution in [0.4, 0.5) is 0 Å². The number of aromatic amines is 1. The van der Waals surface area contributed by atoms with E-state index in [9.17, 15) is 0 Å². The number of aryl methyl sites for hydroxylation is 1. The molecule has 2 aromatic rings. The second-order valence-corrected chi connectivity index (χ2v) is 3.62. The molecule has 0 saturated heterocycles. The minimum atomic E-state index is 0. The van der Waals surface area contributed by atoms with Crippen molar-refractivity contribution in [2.24, 2.45) is 0 Å². The van der Waals surface area contributed by atoms with Crippen molar-refractivity contribution in [3.63, 3.8) is 0 Å². The summed E-state index contributed by atoms with van der Waals surface area (Å²) in [6.07, 6.45) is 11.6. The first-order valence-electron chi connectivity index (χ1n) is 5.17. The van der Waals surface area contributed by atoms with Crippen LogP contribution in [0.5, 0.6) is 0 Å². The van der Waals surface area contributed by atoms with Crippen molar-refractivity contribution in [1.82, 2.24) is 4.98 Å². The average molecular weight is 369 g/mol. The Hall–Kier alpha value is -0.557. The fourth-order valence-electron chi connectivity index (χ4n) is 1.52. The van der Waals surface area contributed by atoms with Gasteiger partial charge in [-0.15, -0.1) is 29.9 Å². The molecule has 0 saturated carbocycles. The van der Waals surface area contributed by atoms with Gasteiger partial charge in [-0.1, -0.05) is 19.1 Å². The molecule has 1 aromatic carbocycles. The van der Waals surface area contributed by atoms with Crippen molar-refractivity contribution in [2.45, 2.75) is 6.92 Å². The molecule has 0 fully saturated rings. The smallest absolute Gasteiger partial charge is 1.00 e. The molecule has 1 nitrogen and oxygen atoms in total. The van der Waals surface area contributed by atoms with Crippen molar-refractivity contribution in [2.75, 3.05) is 0 Å². The quantitative estimate of drug-likeness (QED) is 0.506. The zero-order valence-electron chi connectivity index (χ0n) is 10.5. The Morgan fingerprint density at radius 1 is 1.16 bits per heavy atom. The van der Waals surface area contributed by atoms with Gasteiger partial charge in [-0.3, -0.25) is 0 Å². The van der Waals surface area contributed by atoms with E-state index in [4.69, 9.17) is 0 Å².